The predicted octanol–water partition coefficient (Wildman–Crippen LogP) is 3.12. The minimum atomic E-state index is -0.292. The molecule has 4 rings (SSSR count). The van der Waals surface area contributed by atoms with E-state index in [1.54, 1.807) is 18.3 Å². The van der Waals surface area contributed by atoms with Crippen LogP contribution in [-0.2, 0) is 11.3 Å². The number of hydrogen-bond acceptors (Lipinski definition) is 4. The van der Waals surface area contributed by atoms with E-state index in [1.807, 2.05) is 35.4 Å². The van der Waals surface area contributed by atoms with E-state index in [0.717, 1.165) is 31.1 Å². The second-order valence-corrected chi connectivity index (χ2v) is 7.27. The van der Waals surface area contributed by atoms with Gasteiger partial charge in [-0.25, -0.2) is 9.37 Å². The summed E-state index contributed by atoms with van der Waals surface area (Å²) in [6.45, 7) is 3.86. The molecule has 1 saturated heterocycles. The minimum Gasteiger partial charge on any atom is -0.492 e. The van der Waals surface area contributed by atoms with Crippen LogP contribution in [0.4, 0.5) is 4.39 Å². The average molecular weight is 408 g/mol. The van der Waals surface area contributed by atoms with E-state index >= 15 is 0 Å². The Morgan fingerprint density at radius 2 is 1.87 bits per heavy atom. The second-order valence-electron chi connectivity index (χ2n) is 7.27. The third kappa shape index (κ3) is 5.04. The van der Waals surface area contributed by atoms with Crippen molar-refractivity contribution in [1.29, 1.82) is 0 Å². The number of benzene rings is 1. The summed E-state index contributed by atoms with van der Waals surface area (Å²) in [5.41, 5.74) is 1.15. The summed E-state index contributed by atoms with van der Waals surface area (Å²) in [5, 5.41) is 0. The van der Waals surface area contributed by atoms with Crippen molar-refractivity contribution in [3.05, 3.63) is 78.5 Å². The van der Waals surface area contributed by atoms with Crippen LogP contribution in [0.2, 0.25) is 0 Å². The number of carbonyl (C=O) groups excluding carboxylic acids is 1. The van der Waals surface area contributed by atoms with Gasteiger partial charge in [-0.3, -0.25) is 9.69 Å². The maximum absolute atomic E-state index is 13.0. The van der Waals surface area contributed by atoms with Gasteiger partial charge in [0.15, 0.2) is 0 Å². The van der Waals surface area contributed by atoms with Crippen molar-refractivity contribution in [2.75, 3.05) is 32.8 Å². The van der Waals surface area contributed by atoms with Crippen LogP contribution in [-0.4, -0.2) is 58.0 Å². The molecule has 6 nitrogen and oxygen atoms in total. The van der Waals surface area contributed by atoms with Crippen LogP contribution in [0, 0.1) is 5.82 Å². The first-order valence-corrected chi connectivity index (χ1v) is 10.2. The SMILES string of the molecule is O=C1CCN(Cc2cccn2-c2ccccn2)CCN1CCOc1ccc(F)cc1. The third-order valence-corrected chi connectivity index (χ3v) is 5.24. The zero-order valence-corrected chi connectivity index (χ0v) is 16.8. The summed E-state index contributed by atoms with van der Waals surface area (Å²) in [4.78, 5) is 21.1. The first-order chi connectivity index (χ1) is 14.7. The highest BCUT2D eigenvalue weighted by atomic mass is 19.1. The Labute approximate surface area is 175 Å². The minimum absolute atomic E-state index is 0.139. The molecular weight excluding hydrogens is 383 g/mol. The van der Waals surface area contributed by atoms with Gasteiger partial charge in [-0.2, -0.15) is 0 Å². The van der Waals surface area contributed by atoms with Gasteiger partial charge < -0.3 is 14.2 Å². The van der Waals surface area contributed by atoms with Gasteiger partial charge >= 0.3 is 0 Å². The Bertz CT molecular complexity index is 959. The highest BCUT2D eigenvalue weighted by molar-refractivity contribution is 5.76. The van der Waals surface area contributed by atoms with Gasteiger partial charge in [-0.15, -0.1) is 0 Å². The molecule has 0 radical (unpaired) electrons. The summed E-state index contributed by atoms with van der Waals surface area (Å²) in [7, 11) is 0. The van der Waals surface area contributed by atoms with Crippen molar-refractivity contribution < 1.29 is 13.9 Å². The number of nitrogens with zero attached hydrogens (tertiary/aromatic N) is 4. The largest absolute Gasteiger partial charge is 0.492 e. The molecule has 0 unspecified atom stereocenters. The van der Waals surface area contributed by atoms with Crippen molar-refractivity contribution in [3.63, 3.8) is 0 Å². The molecule has 3 heterocycles. The lowest BCUT2D eigenvalue weighted by molar-refractivity contribution is -0.130. The van der Waals surface area contributed by atoms with Crippen molar-refractivity contribution in [3.8, 4) is 11.6 Å². The molecule has 2 aromatic heterocycles. The topological polar surface area (TPSA) is 50.6 Å². The summed E-state index contributed by atoms with van der Waals surface area (Å²) in [5.74, 6) is 1.35. The molecule has 1 amide bonds. The van der Waals surface area contributed by atoms with E-state index in [9.17, 15) is 9.18 Å². The number of hydrogen-bond donors (Lipinski definition) is 0. The van der Waals surface area contributed by atoms with E-state index in [2.05, 4.69) is 20.5 Å². The van der Waals surface area contributed by atoms with Crippen molar-refractivity contribution in [2.45, 2.75) is 13.0 Å². The third-order valence-electron chi connectivity index (χ3n) is 5.24. The maximum Gasteiger partial charge on any atom is 0.224 e. The van der Waals surface area contributed by atoms with Crippen molar-refractivity contribution in [2.24, 2.45) is 0 Å². The Morgan fingerprint density at radius 1 is 1.00 bits per heavy atom. The zero-order chi connectivity index (χ0) is 20.8. The molecule has 1 fully saturated rings. The summed E-state index contributed by atoms with van der Waals surface area (Å²) in [6, 6.07) is 15.9. The Balaban J connectivity index is 1.31. The fraction of sp³-hybridized carbons (Fsp3) is 0.304. The number of amides is 1. The smallest absolute Gasteiger partial charge is 0.224 e. The van der Waals surface area contributed by atoms with Gasteiger partial charge in [0.1, 0.15) is 24.0 Å². The Hall–Kier alpha value is -3.19. The van der Waals surface area contributed by atoms with Gasteiger partial charge in [0, 0.05) is 50.7 Å². The standard InChI is InChI=1S/C23H25FN4O2/c24-19-6-8-21(9-7-19)30-17-16-27-15-14-26(13-10-23(27)29)18-20-4-3-12-28(20)22-5-1-2-11-25-22/h1-9,11-12H,10,13-18H2. The van der Waals surface area contributed by atoms with Crippen LogP contribution in [0.5, 0.6) is 5.75 Å². The molecule has 30 heavy (non-hydrogen) atoms. The summed E-state index contributed by atoms with van der Waals surface area (Å²) >= 11 is 0. The normalized spacial score (nSPS) is 15.2. The zero-order valence-electron chi connectivity index (χ0n) is 16.8. The number of aromatic nitrogens is 2. The molecule has 0 spiro atoms. The number of rotatable bonds is 7. The number of halogens is 1. The fourth-order valence-corrected chi connectivity index (χ4v) is 3.60. The molecule has 1 aliphatic rings. The molecule has 3 aromatic rings. The monoisotopic (exact) mass is 408 g/mol. The van der Waals surface area contributed by atoms with Crippen LogP contribution >= 0.6 is 0 Å². The van der Waals surface area contributed by atoms with Crippen molar-refractivity contribution in [1.82, 2.24) is 19.4 Å². The van der Waals surface area contributed by atoms with E-state index in [0.29, 0.717) is 31.9 Å². The molecular formula is C23H25FN4O2. The van der Waals surface area contributed by atoms with Crippen LogP contribution in [0.15, 0.2) is 67.0 Å². The molecule has 7 heteroatoms. The second kappa shape index (κ2) is 9.54. The Kier molecular flexibility index (Phi) is 6.39. The fourth-order valence-electron chi connectivity index (χ4n) is 3.60. The number of ether oxygens (including phenoxy) is 1. The van der Waals surface area contributed by atoms with Crippen LogP contribution in [0.25, 0.3) is 5.82 Å². The first kappa shape index (κ1) is 20.1. The molecule has 156 valence electrons. The molecule has 0 atom stereocenters. The van der Waals surface area contributed by atoms with Crippen LogP contribution in [0.3, 0.4) is 0 Å². The van der Waals surface area contributed by atoms with E-state index in [4.69, 9.17) is 4.74 Å². The molecule has 0 N–H and O–H groups in total. The van der Waals surface area contributed by atoms with Crippen LogP contribution < -0.4 is 4.74 Å². The van der Waals surface area contributed by atoms with Gasteiger partial charge in [0.2, 0.25) is 5.91 Å². The van der Waals surface area contributed by atoms with Crippen molar-refractivity contribution >= 4 is 5.91 Å². The van der Waals surface area contributed by atoms with Crippen LogP contribution in [0.1, 0.15) is 12.1 Å². The molecule has 1 aliphatic heterocycles. The maximum atomic E-state index is 13.0. The highest BCUT2D eigenvalue weighted by Gasteiger charge is 2.21. The summed E-state index contributed by atoms with van der Waals surface area (Å²) in [6.07, 6.45) is 4.29. The lowest BCUT2D eigenvalue weighted by atomic mass is 10.3. The lowest BCUT2D eigenvalue weighted by Gasteiger charge is -2.22. The molecule has 0 bridgehead atoms. The predicted molar refractivity (Wildman–Crippen MR) is 112 cm³/mol. The number of pyridine rings is 1. The molecule has 0 aliphatic carbocycles. The summed E-state index contributed by atoms with van der Waals surface area (Å²) < 4.78 is 20.7. The van der Waals surface area contributed by atoms with E-state index < -0.39 is 0 Å². The Morgan fingerprint density at radius 3 is 2.67 bits per heavy atom. The van der Waals surface area contributed by atoms with Gasteiger partial charge in [0.05, 0.1) is 6.54 Å². The van der Waals surface area contributed by atoms with E-state index in [1.165, 1.54) is 12.1 Å². The van der Waals surface area contributed by atoms with Gasteiger partial charge in [-0.05, 0) is 48.5 Å². The van der Waals surface area contributed by atoms with Gasteiger partial charge in [-0.1, -0.05) is 6.07 Å². The van der Waals surface area contributed by atoms with E-state index in [-0.39, 0.29) is 11.7 Å². The van der Waals surface area contributed by atoms with Gasteiger partial charge in [0.25, 0.3) is 0 Å². The molecule has 1 aromatic carbocycles. The lowest BCUT2D eigenvalue weighted by Crippen LogP contribution is -2.36. The first-order valence-electron chi connectivity index (χ1n) is 10.2. The average Bonchev–Trinajstić information content (AvgIpc) is 3.16. The highest BCUT2D eigenvalue weighted by Crippen LogP contribution is 2.15. The molecule has 0 saturated carbocycles. The number of carbonyl (C=O) groups is 1. The quantitative estimate of drug-likeness (QED) is 0.603.